The van der Waals surface area contributed by atoms with Crippen molar-refractivity contribution in [2.75, 3.05) is 51.3 Å². The summed E-state index contributed by atoms with van der Waals surface area (Å²) in [5.41, 5.74) is 1.08. The predicted molar refractivity (Wildman–Crippen MR) is 80.1 cm³/mol. The lowest BCUT2D eigenvalue weighted by Crippen LogP contribution is -2.47. The first kappa shape index (κ1) is 16.0. The van der Waals surface area contributed by atoms with Crippen LogP contribution < -0.4 is 4.90 Å². The molecule has 0 radical (unpaired) electrons. The molecule has 0 spiro atoms. The lowest BCUT2D eigenvalue weighted by atomic mass is 10.2. The number of methoxy groups -OCH3 is 1. The minimum Gasteiger partial charge on any atom is -0.438 e. The Balaban J connectivity index is 1.77. The quantitative estimate of drug-likeness (QED) is 0.463. The highest BCUT2D eigenvalue weighted by molar-refractivity contribution is 5.59. The summed E-state index contributed by atoms with van der Waals surface area (Å²) in [6, 6.07) is 6.58. The van der Waals surface area contributed by atoms with E-state index in [-0.39, 0.29) is 5.69 Å². The van der Waals surface area contributed by atoms with Crippen LogP contribution in [-0.2, 0) is 9.47 Å². The molecule has 1 aromatic rings. The third kappa shape index (κ3) is 4.32. The zero-order chi connectivity index (χ0) is 15.9. The Morgan fingerprint density at radius 2 is 1.86 bits per heavy atom. The molecule has 0 atom stereocenters. The first-order valence-electron chi connectivity index (χ1n) is 7.02. The molecule has 0 aromatic heterocycles. The molecule has 8 nitrogen and oxygen atoms in total. The van der Waals surface area contributed by atoms with Gasteiger partial charge in [0.15, 0.2) is 0 Å². The number of carbonyl (C=O) groups is 1. The molecule has 0 amide bonds. The van der Waals surface area contributed by atoms with Crippen LogP contribution in [0.4, 0.5) is 16.2 Å². The first-order valence-corrected chi connectivity index (χ1v) is 7.02. The smallest absolute Gasteiger partial charge is 0.438 e. The Morgan fingerprint density at radius 1 is 1.23 bits per heavy atom. The van der Waals surface area contributed by atoms with E-state index < -0.39 is 11.1 Å². The van der Waals surface area contributed by atoms with Crippen LogP contribution >= 0.6 is 0 Å². The van der Waals surface area contributed by atoms with Crippen LogP contribution in [0.25, 0.3) is 0 Å². The van der Waals surface area contributed by atoms with Gasteiger partial charge in [-0.1, -0.05) is 0 Å². The van der Waals surface area contributed by atoms with Crippen molar-refractivity contribution in [3.05, 3.63) is 34.4 Å². The van der Waals surface area contributed by atoms with E-state index in [4.69, 9.17) is 4.74 Å². The highest BCUT2D eigenvalue weighted by Crippen LogP contribution is 2.20. The number of anilines is 1. The number of nitro benzene ring substituents is 1. The average molecular weight is 309 g/mol. The van der Waals surface area contributed by atoms with Gasteiger partial charge < -0.3 is 14.4 Å². The molecule has 0 saturated carbocycles. The number of carbonyl (C=O) groups excluding carboxylic acids is 1. The van der Waals surface area contributed by atoms with Gasteiger partial charge in [-0.3, -0.25) is 15.0 Å². The van der Waals surface area contributed by atoms with E-state index in [0.717, 1.165) is 31.9 Å². The van der Waals surface area contributed by atoms with Gasteiger partial charge in [0, 0.05) is 50.5 Å². The minimum absolute atomic E-state index is 0.0994. The SMILES string of the molecule is COC(=O)OCCN1CCN(c2ccc([N+](=O)[O-])cc2)CC1. The zero-order valence-electron chi connectivity index (χ0n) is 12.4. The van der Waals surface area contributed by atoms with Crippen molar-refractivity contribution in [1.82, 2.24) is 4.90 Å². The highest BCUT2D eigenvalue weighted by Gasteiger charge is 2.18. The van der Waals surface area contributed by atoms with Crippen molar-refractivity contribution in [2.24, 2.45) is 0 Å². The first-order chi connectivity index (χ1) is 10.6. The Morgan fingerprint density at radius 3 is 2.41 bits per heavy atom. The second-order valence-corrected chi connectivity index (χ2v) is 4.90. The van der Waals surface area contributed by atoms with Gasteiger partial charge in [-0.15, -0.1) is 0 Å². The summed E-state index contributed by atoms with van der Waals surface area (Å²) in [5.74, 6) is 0. The summed E-state index contributed by atoms with van der Waals surface area (Å²) >= 11 is 0. The van der Waals surface area contributed by atoms with Crippen molar-refractivity contribution in [2.45, 2.75) is 0 Å². The monoisotopic (exact) mass is 309 g/mol. The molecule has 1 aliphatic rings. The van der Waals surface area contributed by atoms with Gasteiger partial charge in [0.05, 0.1) is 12.0 Å². The average Bonchev–Trinajstić information content (AvgIpc) is 2.55. The molecule has 1 aliphatic heterocycles. The number of non-ortho nitro benzene ring substituents is 1. The Hall–Kier alpha value is -2.35. The maximum absolute atomic E-state index is 10.8. The summed E-state index contributed by atoms with van der Waals surface area (Å²) < 4.78 is 9.27. The Bertz CT molecular complexity index is 512. The van der Waals surface area contributed by atoms with Gasteiger partial charge >= 0.3 is 6.16 Å². The predicted octanol–water partition coefficient (Wildman–Crippen LogP) is 1.50. The van der Waals surface area contributed by atoms with Crippen molar-refractivity contribution in [3.8, 4) is 0 Å². The normalized spacial score (nSPS) is 15.4. The van der Waals surface area contributed by atoms with Gasteiger partial charge in [-0.2, -0.15) is 0 Å². The Kier molecular flexibility index (Phi) is 5.54. The molecule has 0 bridgehead atoms. The molecule has 1 aromatic carbocycles. The number of ether oxygens (including phenoxy) is 2. The van der Waals surface area contributed by atoms with E-state index in [1.165, 1.54) is 19.2 Å². The summed E-state index contributed by atoms with van der Waals surface area (Å²) in [7, 11) is 1.28. The van der Waals surface area contributed by atoms with Gasteiger partial charge in [0.1, 0.15) is 6.61 Å². The second kappa shape index (κ2) is 7.60. The van der Waals surface area contributed by atoms with Crippen LogP contribution in [0.1, 0.15) is 0 Å². The summed E-state index contributed by atoms with van der Waals surface area (Å²) in [4.78, 5) is 25.5. The summed E-state index contributed by atoms with van der Waals surface area (Å²) in [6.45, 7) is 4.34. The molecule has 1 heterocycles. The molecular weight excluding hydrogens is 290 g/mol. The molecule has 1 saturated heterocycles. The number of hydrogen-bond acceptors (Lipinski definition) is 7. The number of nitrogens with zero attached hydrogens (tertiary/aromatic N) is 3. The fourth-order valence-corrected chi connectivity index (χ4v) is 2.33. The lowest BCUT2D eigenvalue weighted by Gasteiger charge is -2.35. The summed E-state index contributed by atoms with van der Waals surface area (Å²) in [5, 5.41) is 10.6. The van der Waals surface area contributed by atoms with E-state index in [1.807, 2.05) is 0 Å². The molecular formula is C14H19N3O5. The fourth-order valence-electron chi connectivity index (χ4n) is 2.33. The molecule has 1 fully saturated rings. The number of benzene rings is 1. The van der Waals surface area contributed by atoms with Crippen LogP contribution in [0.5, 0.6) is 0 Å². The standard InChI is InChI=1S/C14H19N3O5/c1-21-14(18)22-11-10-15-6-8-16(9-7-15)12-2-4-13(5-3-12)17(19)20/h2-5H,6-11H2,1H3. The van der Waals surface area contributed by atoms with E-state index >= 15 is 0 Å². The zero-order valence-corrected chi connectivity index (χ0v) is 12.4. The second-order valence-electron chi connectivity index (χ2n) is 4.90. The fraction of sp³-hybridized carbons (Fsp3) is 0.500. The third-order valence-electron chi connectivity index (χ3n) is 3.59. The Labute approximate surface area is 128 Å². The molecule has 22 heavy (non-hydrogen) atoms. The van der Waals surface area contributed by atoms with Crippen LogP contribution in [0.2, 0.25) is 0 Å². The van der Waals surface area contributed by atoms with Crippen LogP contribution in [-0.4, -0.2) is 62.4 Å². The van der Waals surface area contributed by atoms with Crippen molar-refractivity contribution in [1.29, 1.82) is 0 Å². The molecule has 8 heteroatoms. The number of nitro groups is 1. The molecule has 0 unspecified atom stereocenters. The van der Waals surface area contributed by atoms with Gasteiger partial charge in [0.25, 0.3) is 5.69 Å². The van der Waals surface area contributed by atoms with Crippen molar-refractivity contribution < 1.29 is 19.2 Å². The van der Waals surface area contributed by atoms with E-state index in [0.29, 0.717) is 13.2 Å². The van der Waals surface area contributed by atoms with Crippen LogP contribution in [0.15, 0.2) is 24.3 Å². The lowest BCUT2D eigenvalue weighted by molar-refractivity contribution is -0.384. The van der Waals surface area contributed by atoms with E-state index in [2.05, 4.69) is 14.5 Å². The molecule has 120 valence electrons. The molecule has 2 rings (SSSR count). The summed E-state index contributed by atoms with van der Waals surface area (Å²) in [6.07, 6.45) is -0.662. The van der Waals surface area contributed by atoms with Gasteiger partial charge in [-0.05, 0) is 12.1 Å². The minimum atomic E-state index is -0.662. The molecule has 0 aliphatic carbocycles. The van der Waals surface area contributed by atoms with Gasteiger partial charge in [-0.25, -0.2) is 4.79 Å². The van der Waals surface area contributed by atoms with Crippen molar-refractivity contribution in [3.63, 3.8) is 0 Å². The van der Waals surface area contributed by atoms with Gasteiger partial charge in [0.2, 0.25) is 0 Å². The van der Waals surface area contributed by atoms with Crippen LogP contribution in [0, 0.1) is 10.1 Å². The van der Waals surface area contributed by atoms with E-state index in [9.17, 15) is 14.9 Å². The van der Waals surface area contributed by atoms with Crippen LogP contribution in [0.3, 0.4) is 0 Å². The number of rotatable bonds is 5. The maximum atomic E-state index is 10.8. The largest absolute Gasteiger partial charge is 0.508 e. The highest BCUT2D eigenvalue weighted by atomic mass is 16.7. The van der Waals surface area contributed by atoms with E-state index in [1.54, 1.807) is 12.1 Å². The number of piperazine rings is 1. The maximum Gasteiger partial charge on any atom is 0.508 e. The van der Waals surface area contributed by atoms with Crippen molar-refractivity contribution >= 4 is 17.5 Å². The number of hydrogen-bond donors (Lipinski definition) is 0. The molecule has 0 N–H and O–H groups in total. The third-order valence-corrected chi connectivity index (χ3v) is 3.59. The topological polar surface area (TPSA) is 85.2 Å².